The Morgan fingerprint density at radius 1 is 1.29 bits per heavy atom. The van der Waals surface area contributed by atoms with Gasteiger partial charge in [0.25, 0.3) is 0 Å². The zero-order valence-electron chi connectivity index (χ0n) is 11.6. The molecule has 0 aliphatic rings. The summed E-state index contributed by atoms with van der Waals surface area (Å²) in [5.41, 5.74) is 4.51. The second-order valence-corrected chi connectivity index (χ2v) is 4.87. The van der Waals surface area contributed by atoms with Gasteiger partial charge in [-0.15, -0.1) is 0 Å². The minimum Gasteiger partial charge on any atom is -0.507 e. The SMILES string of the molecule is COc1ccc(/C=N/NC(=S)Cc2ccccc2)c(O)c1. The van der Waals surface area contributed by atoms with Crippen LogP contribution in [0.3, 0.4) is 0 Å². The van der Waals surface area contributed by atoms with Crippen LogP contribution in [-0.4, -0.2) is 23.4 Å². The van der Waals surface area contributed by atoms with Crippen molar-refractivity contribution in [2.24, 2.45) is 5.10 Å². The van der Waals surface area contributed by atoms with Crippen LogP contribution < -0.4 is 10.2 Å². The smallest absolute Gasteiger partial charge is 0.128 e. The molecular formula is C16H16N2O2S. The summed E-state index contributed by atoms with van der Waals surface area (Å²) in [4.78, 5) is 0.616. The molecule has 0 unspecified atom stereocenters. The Hall–Kier alpha value is -2.40. The Bertz CT molecular complexity index is 642. The molecule has 0 bridgehead atoms. The number of phenols is 1. The van der Waals surface area contributed by atoms with Crippen LogP contribution in [0.15, 0.2) is 53.6 Å². The number of thiocarbonyl (C=S) groups is 1. The first-order chi connectivity index (χ1) is 10.2. The van der Waals surface area contributed by atoms with Crippen molar-refractivity contribution >= 4 is 23.4 Å². The zero-order chi connectivity index (χ0) is 15.1. The van der Waals surface area contributed by atoms with Crippen molar-refractivity contribution in [3.05, 3.63) is 59.7 Å². The number of hydrogen-bond acceptors (Lipinski definition) is 4. The third-order valence-electron chi connectivity index (χ3n) is 2.84. The van der Waals surface area contributed by atoms with Gasteiger partial charge in [0.15, 0.2) is 0 Å². The first-order valence-electron chi connectivity index (χ1n) is 6.42. The summed E-state index contributed by atoms with van der Waals surface area (Å²) in [6.07, 6.45) is 2.15. The van der Waals surface area contributed by atoms with E-state index in [1.807, 2.05) is 30.3 Å². The lowest BCUT2D eigenvalue weighted by molar-refractivity contribution is 0.407. The lowest BCUT2D eigenvalue weighted by Crippen LogP contribution is -2.17. The Morgan fingerprint density at radius 2 is 2.05 bits per heavy atom. The van der Waals surface area contributed by atoms with Gasteiger partial charge in [-0.3, -0.25) is 5.43 Å². The fourth-order valence-electron chi connectivity index (χ4n) is 1.75. The maximum Gasteiger partial charge on any atom is 0.128 e. The average Bonchev–Trinajstić information content (AvgIpc) is 2.50. The molecule has 0 amide bonds. The molecule has 21 heavy (non-hydrogen) atoms. The molecule has 0 aliphatic heterocycles. The van der Waals surface area contributed by atoms with E-state index in [1.165, 1.54) is 12.3 Å². The quantitative estimate of drug-likeness (QED) is 0.506. The highest BCUT2D eigenvalue weighted by molar-refractivity contribution is 7.80. The molecule has 0 atom stereocenters. The van der Waals surface area contributed by atoms with Gasteiger partial charge in [-0.1, -0.05) is 42.5 Å². The number of hydrogen-bond donors (Lipinski definition) is 2. The molecular weight excluding hydrogens is 284 g/mol. The van der Waals surface area contributed by atoms with Crippen LogP contribution in [0.4, 0.5) is 0 Å². The highest BCUT2D eigenvalue weighted by atomic mass is 32.1. The van der Waals surface area contributed by atoms with E-state index in [4.69, 9.17) is 17.0 Å². The summed E-state index contributed by atoms with van der Waals surface area (Å²) in [7, 11) is 1.55. The molecule has 0 radical (unpaired) electrons. The summed E-state index contributed by atoms with van der Waals surface area (Å²) < 4.78 is 5.02. The van der Waals surface area contributed by atoms with Crippen LogP contribution in [0, 0.1) is 0 Å². The molecule has 2 rings (SSSR count). The van der Waals surface area contributed by atoms with Gasteiger partial charge in [0, 0.05) is 18.1 Å². The van der Waals surface area contributed by atoms with Gasteiger partial charge in [-0.2, -0.15) is 5.10 Å². The molecule has 5 heteroatoms. The Morgan fingerprint density at radius 3 is 2.71 bits per heavy atom. The van der Waals surface area contributed by atoms with Gasteiger partial charge in [-0.25, -0.2) is 0 Å². The minimum absolute atomic E-state index is 0.105. The van der Waals surface area contributed by atoms with E-state index in [-0.39, 0.29) is 5.75 Å². The third-order valence-corrected chi connectivity index (χ3v) is 3.07. The molecule has 0 heterocycles. The molecule has 0 saturated heterocycles. The average molecular weight is 300 g/mol. The monoisotopic (exact) mass is 300 g/mol. The van der Waals surface area contributed by atoms with Crippen LogP contribution in [0.2, 0.25) is 0 Å². The zero-order valence-corrected chi connectivity index (χ0v) is 12.4. The minimum atomic E-state index is 0.105. The molecule has 0 aliphatic carbocycles. The third kappa shape index (κ3) is 4.57. The predicted molar refractivity (Wildman–Crippen MR) is 88.1 cm³/mol. The molecule has 2 aromatic carbocycles. The molecule has 0 aromatic heterocycles. The number of ether oxygens (including phenoxy) is 1. The van der Waals surface area contributed by atoms with Crippen LogP contribution >= 0.6 is 12.2 Å². The second kappa shape index (κ2) is 7.40. The summed E-state index contributed by atoms with van der Waals surface area (Å²) in [6, 6.07) is 14.9. The van der Waals surface area contributed by atoms with Gasteiger partial charge in [0.05, 0.1) is 13.3 Å². The van der Waals surface area contributed by atoms with E-state index in [0.717, 1.165) is 5.56 Å². The molecule has 4 nitrogen and oxygen atoms in total. The lowest BCUT2D eigenvalue weighted by atomic mass is 10.1. The number of rotatable bonds is 5. The number of benzene rings is 2. The van der Waals surface area contributed by atoms with Crippen LogP contribution in [0.5, 0.6) is 11.5 Å². The van der Waals surface area contributed by atoms with Crippen molar-refractivity contribution in [3.63, 3.8) is 0 Å². The van der Waals surface area contributed by atoms with Crippen molar-refractivity contribution in [2.45, 2.75) is 6.42 Å². The van der Waals surface area contributed by atoms with Gasteiger partial charge < -0.3 is 9.84 Å². The summed E-state index contributed by atoms with van der Waals surface area (Å²) in [5.74, 6) is 0.700. The molecule has 2 N–H and O–H groups in total. The first kappa shape index (κ1) is 15.0. The van der Waals surface area contributed by atoms with Crippen LogP contribution in [0.25, 0.3) is 0 Å². The lowest BCUT2D eigenvalue weighted by Gasteiger charge is -2.04. The van der Waals surface area contributed by atoms with Crippen molar-refractivity contribution < 1.29 is 9.84 Å². The standard InChI is InChI=1S/C16H16N2O2S/c1-20-14-8-7-13(15(19)10-14)11-17-18-16(21)9-12-5-3-2-4-6-12/h2-8,10-11,19H,9H2,1H3,(H,18,21)/b17-11+. The van der Waals surface area contributed by atoms with Crippen molar-refractivity contribution in [3.8, 4) is 11.5 Å². The van der Waals surface area contributed by atoms with Gasteiger partial charge >= 0.3 is 0 Å². The number of phenolic OH excluding ortho intramolecular Hbond substituents is 1. The van der Waals surface area contributed by atoms with E-state index in [2.05, 4.69) is 10.5 Å². The van der Waals surface area contributed by atoms with Crippen molar-refractivity contribution in [2.75, 3.05) is 7.11 Å². The van der Waals surface area contributed by atoms with Crippen molar-refractivity contribution in [1.82, 2.24) is 5.43 Å². The first-order valence-corrected chi connectivity index (χ1v) is 6.82. The predicted octanol–water partition coefficient (Wildman–Crippen LogP) is 2.89. The van der Waals surface area contributed by atoms with Crippen LogP contribution in [-0.2, 0) is 6.42 Å². The number of methoxy groups -OCH3 is 1. The molecule has 0 saturated carbocycles. The Labute approximate surface area is 129 Å². The summed E-state index contributed by atoms with van der Waals surface area (Å²) >= 11 is 5.22. The summed E-state index contributed by atoms with van der Waals surface area (Å²) in [6.45, 7) is 0. The largest absolute Gasteiger partial charge is 0.507 e. The maximum absolute atomic E-state index is 9.79. The van der Waals surface area contributed by atoms with E-state index in [9.17, 15) is 5.11 Å². The van der Waals surface area contributed by atoms with Gasteiger partial charge in [0.1, 0.15) is 16.5 Å². The number of aromatic hydroxyl groups is 1. The molecule has 0 spiro atoms. The highest BCUT2D eigenvalue weighted by Gasteiger charge is 2.01. The van der Waals surface area contributed by atoms with Gasteiger partial charge in [0.2, 0.25) is 0 Å². The van der Waals surface area contributed by atoms with Gasteiger partial charge in [-0.05, 0) is 17.7 Å². The van der Waals surface area contributed by atoms with Crippen LogP contribution in [0.1, 0.15) is 11.1 Å². The Balaban J connectivity index is 1.91. The topological polar surface area (TPSA) is 53.8 Å². The fraction of sp³-hybridized carbons (Fsp3) is 0.125. The van der Waals surface area contributed by atoms with E-state index < -0.39 is 0 Å². The summed E-state index contributed by atoms with van der Waals surface area (Å²) in [5, 5.41) is 13.8. The van der Waals surface area contributed by atoms with E-state index >= 15 is 0 Å². The number of nitrogens with one attached hydrogen (secondary N) is 1. The Kier molecular flexibility index (Phi) is 5.29. The van der Waals surface area contributed by atoms with E-state index in [1.54, 1.807) is 19.2 Å². The van der Waals surface area contributed by atoms with E-state index in [0.29, 0.717) is 22.7 Å². The normalized spacial score (nSPS) is 10.5. The second-order valence-electron chi connectivity index (χ2n) is 4.38. The molecule has 108 valence electrons. The maximum atomic E-state index is 9.79. The number of hydrazone groups is 1. The number of nitrogens with zero attached hydrogens (tertiary/aromatic N) is 1. The molecule has 2 aromatic rings. The fourth-order valence-corrected chi connectivity index (χ4v) is 1.97. The highest BCUT2D eigenvalue weighted by Crippen LogP contribution is 2.21. The molecule has 0 fully saturated rings. The van der Waals surface area contributed by atoms with Crippen molar-refractivity contribution in [1.29, 1.82) is 0 Å².